The van der Waals surface area contributed by atoms with E-state index in [0.717, 1.165) is 16.6 Å². The third-order valence-electron chi connectivity index (χ3n) is 5.01. The maximum Gasteiger partial charge on any atom is 0.273 e. The number of hydrogen-bond acceptors (Lipinski definition) is 4. The largest absolute Gasteiger partial charge is 0.497 e. The highest BCUT2D eigenvalue weighted by Gasteiger charge is 2.25. The molecule has 0 unspecified atom stereocenters. The van der Waals surface area contributed by atoms with E-state index in [0.29, 0.717) is 23.5 Å². The molecule has 0 aliphatic rings. The number of ether oxygens (including phenoxy) is 1. The van der Waals surface area contributed by atoms with Crippen molar-refractivity contribution in [3.63, 3.8) is 0 Å². The average Bonchev–Trinajstić information content (AvgIpc) is 3.03. The van der Waals surface area contributed by atoms with Crippen molar-refractivity contribution < 1.29 is 9.53 Å². The first-order valence-corrected chi connectivity index (χ1v) is 9.48. The standard InChI is InChI=1S/C22H22N4O3/c1-4-18(22(28)23-15-8-7-9-16(13-15)29-3)26-19-11-6-5-10-17(19)21-24-20(27)12-14(2)25(21)26/h5-13,18H,4H2,1-3H3,(H,23,28)/t18-/m0/s1. The van der Waals surface area contributed by atoms with Crippen LogP contribution in [0, 0.1) is 6.92 Å². The van der Waals surface area contributed by atoms with Gasteiger partial charge in [-0.25, -0.2) is 4.52 Å². The first-order chi connectivity index (χ1) is 14.0. The smallest absolute Gasteiger partial charge is 0.273 e. The zero-order valence-electron chi connectivity index (χ0n) is 16.5. The molecule has 0 bridgehead atoms. The molecule has 4 aromatic rings. The molecule has 0 aliphatic heterocycles. The Labute approximate surface area is 167 Å². The van der Waals surface area contributed by atoms with Gasteiger partial charge in [0.05, 0.1) is 12.6 Å². The van der Waals surface area contributed by atoms with Gasteiger partial charge < -0.3 is 10.1 Å². The predicted molar refractivity (Wildman–Crippen MR) is 113 cm³/mol. The summed E-state index contributed by atoms with van der Waals surface area (Å²) in [6.07, 6.45) is 0.565. The van der Waals surface area contributed by atoms with Crippen LogP contribution in [-0.4, -0.2) is 27.2 Å². The van der Waals surface area contributed by atoms with Crippen LogP contribution in [0.5, 0.6) is 5.75 Å². The van der Waals surface area contributed by atoms with Crippen molar-refractivity contribution in [2.75, 3.05) is 12.4 Å². The molecule has 7 nitrogen and oxygen atoms in total. The first-order valence-electron chi connectivity index (χ1n) is 9.48. The van der Waals surface area contributed by atoms with Crippen LogP contribution in [0.15, 0.2) is 59.4 Å². The van der Waals surface area contributed by atoms with Gasteiger partial charge in [0.2, 0.25) is 5.91 Å². The third-order valence-corrected chi connectivity index (χ3v) is 5.01. The Morgan fingerprint density at radius 3 is 2.72 bits per heavy atom. The Kier molecular flexibility index (Phi) is 4.80. The molecule has 1 amide bonds. The molecule has 7 heteroatoms. The van der Waals surface area contributed by atoms with Gasteiger partial charge in [0, 0.05) is 28.9 Å². The summed E-state index contributed by atoms with van der Waals surface area (Å²) in [7, 11) is 1.59. The minimum absolute atomic E-state index is 0.151. The minimum Gasteiger partial charge on any atom is -0.497 e. The van der Waals surface area contributed by atoms with Gasteiger partial charge in [0.25, 0.3) is 5.56 Å². The maximum atomic E-state index is 13.2. The number of benzene rings is 2. The summed E-state index contributed by atoms with van der Waals surface area (Å²) in [6.45, 7) is 3.81. The van der Waals surface area contributed by atoms with Crippen molar-refractivity contribution >= 4 is 28.1 Å². The lowest BCUT2D eigenvalue weighted by molar-refractivity contribution is -0.119. The zero-order chi connectivity index (χ0) is 20.5. The van der Waals surface area contributed by atoms with Crippen molar-refractivity contribution in [2.24, 2.45) is 0 Å². The van der Waals surface area contributed by atoms with Gasteiger partial charge in [-0.3, -0.25) is 14.3 Å². The maximum absolute atomic E-state index is 13.2. The van der Waals surface area contributed by atoms with E-state index >= 15 is 0 Å². The van der Waals surface area contributed by atoms with Crippen molar-refractivity contribution in [3.8, 4) is 5.75 Å². The van der Waals surface area contributed by atoms with E-state index in [9.17, 15) is 9.59 Å². The van der Waals surface area contributed by atoms with E-state index in [1.807, 2.05) is 65.5 Å². The number of nitrogens with zero attached hydrogens (tertiary/aromatic N) is 3. The summed E-state index contributed by atoms with van der Waals surface area (Å²) >= 11 is 0. The Bertz CT molecular complexity index is 1270. The Morgan fingerprint density at radius 2 is 1.97 bits per heavy atom. The van der Waals surface area contributed by atoms with Crippen molar-refractivity contribution in [1.29, 1.82) is 0 Å². The number of methoxy groups -OCH3 is 1. The summed E-state index contributed by atoms with van der Waals surface area (Å²) < 4.78 is 9.01. The fourth-order valence-corrected chi connectivity index (χ4v) is 3.71. The Morgan fingerprint density at radius 1 is 1.17 bits per heavy atom. The van der Waals surface area contributed by atoms with E-state index < -0.39 is 6.04 Å². The van der Waals surface area contributed by atoms with Gasteiger partial charge in [0.15, 0.2) is 5.65 Å². The summed E-state index contributed by atoms with van der Waals surface area (Å²) in [6, 6.07) is 15.9. The predicted octanol–water partition coefficient (Wildman–Crippen LogP) is 3.56. The van der Waals surface area contributed by atoms with Crippen molar-refractivity contribution in [3.05, 3.63) is 70.6 Å². The topological polar surface area (TPSA) is 77.6 Å². The SMILES string of the molecule is CC[C@@H](C(=O)Nc1cccc(OC)c1)n1c2ccccc2c2nc(=O)cc(C)n21. The number of carbonyl (C=O) groups is 1. The lowest BCUT2D eigenvalue weighted by atomic mass is 10.2. The molecule has 0 saturated carbocycles. The molecule has 1 N–H and O–H groups in total. The second-order valence-corrected chi connectivity index (χ2v) is 6.88. The monoisotopic (exact) mass is 390 g/mol. The number of amides is 1. The van der Waals surface area contributed by atoms with Gasteiger partial charge in [0.1, 0.15) is 11.8 Å². The van der Waals surface area contributed by atoms with Crippen molar-refractivity contribution in [1.82, 2.24) is 14.2 Å². The molecule has 4 rings (SSSR count). The normalized spacial score (nSPS) is 12.2. The molecular weight excluding hydrogens is 368 g/mol. The van der Waals surface area contributed by atoms with Crippen molar-refractivity contribution in [2.45, 2.75) is 26.3 Å². The molecule has 2 heterocycles. The molecule has 2 aromatic carbocycles. The third kappa shape index (κ3) is 3.24. The number of aromatic nitrogens is 3. The molecule has 2 aromatic heterocycles. The van der Waals surface area contributed by atoms with E-state index in [1.165, 1.54) is 6.07 Å². The number of carbonyl (C=O) groups excluding carboxylic acids is 1. The van der Waals surface area contributed by atoms with Crippen LogP contribution >= 0.6 is 0 Å². The molecule has 0 radical (unpaired) electrons. The Hall–Kier alpha value is -3.61. The molecule has 0 spiro atoms. The highest BCUT2D eigenvalue weighted by Crippen LogP contribution is 2.27. The van der Waals surface area contributed by atoms with Gasteiger partial charge in [-0.15, -0.1) is 0 Å². The fourth-order valence-electron chi connectivity index (χ4n) is 3.71. The quantitative estimate of drug-likeness (QED) is 0.565. The number of fused-ring (bicyclic) bond motifs is 3. The Balaban J connectivity index is 1.86. The van der Waals surface area contributed by atoms with Gasteiger partial charge in [-0.1, -0.05) is 25.1 Å². The lowest BCUT2D eigenvalue weighted by Crippen LogP contribution is -2.29. The molecule has 0 aliphatic carbocycles. The van der Waals surface area contributed by atoms with Gasteiger partial charge >= 0.3 is 0 Å². The highest BCUT2D eigenvalue weighted by molar-refractivity contribution is 5.97. The first kappa shape index (κ1) is 18.7. The van der Waals surface area contributed by atoms with Crippen LogP contribution in [0.1, 0.15) is 25.1 Å². The van der Waals surface area contributed by atoms with Crippen LogP contribution in [0.3, 0.4) is 0 Å². The van der Waals surface area contributed by atoms with E-state index in [2.05, 4.69) is 10.3 Å². The molecule has 0 fully saturated rings. The van der Waals surface area contributed by atoms with Crippen LogP contribution in [-0.2, 0) is 4.79 Å². The van der Waals surface area contributed by atoms with Gasteiger partial charge in [-0.05, 0) is 37.6 Å². The molecular formula is C22H22N4O3. The number of aryl methyl sites for hydroxylation is 1. The summed E-state index contributed by atoms with van der Waals surface area (Å²) in [4.78, 5) is 29.5. The van der Waals surface area contributed by atoms with Crippen LogP contribution in [0.4, 0.5) is 5.69 Å². The average molecular weight is 390 g/mol. The summed E-state index contributed by atoms with van der Waals surface area (Å²) in [5, 5.41) is 3.82. The number of para-hydroxylation sites is 1. The van der Waals surface area contributed by atoms with Crippen LogP contribution < -0.4 is 15.6 Å². The summed E-state index contributed by atoms with van der Waals surface area (Å²) in [5.41, 5.74) is 2.50. The second-order valence-electron chi connectivity index (χ2n) is 6.88. The van der Waals surface area contributed by atoms with Crippen LogP contribution in [0.2, 0.25) is 0 Å². The molecule has 0 saturated heterocycles. The van der Waals surface area contributed by atoms with Gasteiger partial charge in [-0.2, -0.15) is 4.98 Å². The molecule has 148 valence electrons. The number of hydrogen-bond donors (Lipinski definition) is 1. The fraction of sp³-hybridized carbons (Fsp3) is 0.227. The zero-order valence-corrected chi connectivity index (χ0v) is 16.5. The van der Waals surface area contributed by atoms with E-state index in [1.54, 1.807) is 13.2 Å². The number of rotatable bonds is 5. The van der Waals surface area contributed by atoms with E-state index in [-0.39, 0.29) is 11.5 Å². The lowest BCUT2D eigenvalue weighted by Gasteiger charge is -2.20. The molecule has 29 heavy (non-hydrogen) atoms. The van der Waals surface area contributed by atoms with Crippen LogP contribution in [0.25, 0.3) is 16.6 Å². The number of anilines is 1. The molecule has 1 atom stereocenters. The second kappa shape index (κ2) is 7.43. The minimum atomic E-state index is -0.494. The van der Waals surface area contributed by atoms with E-state index in [4.69, 9.17) is 4.74 Å². The highest BCUT2D eigenvalue weighted by atomic mass is 16.5. The summed E-state index contributed by atoms with van der Waals surface area (Å²) in [5.74, 6) is 0.520. The number of nitrogens with one attached hydrogen (secondary N) is 1.